The summed E-state index contributed by atoms with van der Waals surface area (Å²) < 4.78 is 34.4. The molecule has 0 radical (unpaired) electrons. The number of carbonyl (C=O) groups is 2. The maximum atomic E-state index is 13.1. The molecular formula is C22H30N4O6S. The van der Waals surface area contributed by atoms with Gasteiger partial charge in [0.05, 0.1) is 31.8 Å². The normalized spacial score (nSPS) is 23.4. The average Bonchev–Trinajstić information content (AvgIpc) is 3.18. The molecule has 0 spiro atoms. The van der Waals surface area contributed by atoms with Crippen molar-refractivity contribution in [2.24, 2.45) is 5.10 Å². The van der Waals surface area contributed by atoms with Gasteiger partial charge in [-0.2, -0.15) is 5.10 Å². The van der Waals surface area contributed by atoms with Crippen LogP contribution in [0.15, 0.2) is 23.3 Å². The molecule has 2 saturated heterocycles. The molecule has 0 bridgehead atoms. The van der Waals surface area contributed by atoms with Crippen molar-refractivity contribution in [2.75, 3.05) is 51.9 Å². The predicted molar refractivity (Wildman–Crippen MR) is 122 cm³/mol. The van der Waals surface area contributed by atoms with Gasteiger partial charge in [0.15, 0.2) is 9.84 Å². The number of benzene rings is 1. The lowest BCUT2D eigenvalue weighted by Crippen LogP contribution is -2.51. The van der Waals surface area contributed by atoms with Crippen molar-refractivity contribution in [1.82, 2.24) is 14.8 Å². The highest BCUT2D eigenvalue weighted by molar-refractivity contribution is 7.91. The van der Waals surface area contributed by atoms with E-state index < -0.39 is 15.9 Å². The summed E-state index contributed by atoms with van der Waals surface area (Å²) in [5, 5.41) is 5.56. The highest BCUT2D eigenvalue weighted by Gasteiger charge is 2.38. The van der Waals surface area contributed by atoms with Gasteiger partial charge in [-0.25, -0.2) is 13.4 Å². The zero-order valence-electron chi connectivity index (χ0n) is 19.0. The number of hydrogen-bond acceptors (Lipinski definition) is 8. The summed E-state index contributed by atoms with van der Waals surface area (Å²) in [6, 6.07) is 5.23. The first kappa shape index (κ1) is 23.5. The van der Waals surface area contributed by atoms with Crippen molar-refractivity contribution in [3.8, 4) is 11.5 Å². The zero-order valence-corrected chi connectivity index (χ0v) is 19.8. The molecule has 2 fully saturated rings. The Bertz CT molecular complexity index is 1050. The summed E-state index contributed by atoms with van der Waals surface area (Å²) in [5.41, 5.74) is 1.36. The van der Waals surface area contributed by atoms with E-state index in [9.17, 15) is 18.0 Å². The number of methoxy groups -OCH3 is 2. The van der Waals surface area contributed by atoms with Crippen LogP contribution < -0.4 is 9.47 Å². The first-order valence-corrected chi connectivity index (χ1v) is 12.9. The van der Waals surface area contributed by atoms with Crippen LogP contribution in [0, 0.1) is 0 Å². The Morgan fingerprint density at radius 3 is 2.52 bits per heavy atom. The zero-order chi connectivity index (χ0) is 23.6. The van der Waals surface area contributed by atoms with Crippen LogP contribution in [-0.2, 0) is 26.0 Å². The Labute approximate surface area is 194 Å². The number of hydrogen-bond donors (Lipinski definition) is 0. The van der Waals surface area contributed by atoms with Crippen molar-refractivity contribution in [2.45, 2.75) is 31.8 Å². The van der Waals surface area contributed by atoms with E-state index in [1.165, 1.54) is 5.01 Å². The van der Waals surface area contributed by atoms with Crippen LogP contribution in [-0.4, -0.2) is 98.7 Å². The van der Waals surface area contributed by atoms with E-state index in [1.807, 2.05) is 18.2 Å². The number of nitrogens with zero attached hydrogens (tertiary/aromatic N) is 4. The molecule has 3 aliphatic rings. The van der Waals surface area contributed by atoms with Gasteiger partial charge in [-0.05, 0) is 24.6 Å². The van der Waals surface area contributed by atoms with E-state index in [4.69, 9.17) is 9.47 Å². The highest BCUT2D eigenvalue weighted by Crippen LogP contribution is 2.26. The molecule has 3 aliphatic heterocycles. The van der Waals surface area contributed by atoms with Gasteiger partial charge in [-0.3, -0.25) is 14.5 Å². The molecule has 0 saturated carbocycles. The molecule has 0 aliphatic carbocycles. The molecule has 1 aromatic carbocycles. The number of hydrazone groups is 1. The second-order valence-electron chi connectivity index (χ2n) is 8.59. The fourth-order valence-corrected chi connectivity index (χ4v) is 6.21. The molecule has 2 amide bonds. The molecule has 10 nitrogen and oxygen atoms in total. The largest absolute Gasteiger partial charge is 0.497 e. The van der Waals surface area contributed by atoms with Gasteiger partial charge in [0, 0.05) is 51.1 Å². The fourth-order valence-electron chi connectivity index (χ4n) is 4.52. The third-order valence-corrected chi connectivity index (χ3v) is 8.15. The van der Waals surface area contributed by atoms with Crippen molar-refractivity contribution >= 4 is 27.4 Å². The molecule has 11 heteroatoms. The van der Waals surface area contributed by atoms with Crippen molar-refractivity contribution in [3.63, 3.8) is 0 Å². The number of piperazine rings is 1. The highest BCUT2D eigenvalue weighted by atomic mass is 32.2. The molecule has 4 rings (SSSR count). The van der Waals surface area contributed by atoms with Crippen LogP contribution in [0.3, 0.4) is 0 Å². The average molecular weight is 479 g/mol. The van der Waals surface area contributed by atoms with Gasteiger partial charge in [0.2, 0.25) is 5.91 Å². The lowest BCUT2D eigenvalue weighted by Gasteiger charge is -2.36. The van der Waals surface area contributed by atoms with Crippen LogP contribution in [0.25, 0.3) is 0 Å². The lowest BCUT2D eigenvalue weighted by molar-refractivity contribution is -0.134. The van der Waals surface area contributed by atoms with Crippen LogP contribution >= 0.6 is 0 Å². The smallest absolute Gasteiger partial charge is 0.270 e. The second kappa shape index (κ2) is 9.68. The maximum absolute atomic E-state index is 13.1. The van der Waals surface area contributed by atoms with Gasteiger partial charge in [0.25, 0.3) is 5.91 Å². The van der Waals surface area contributed by atoms with Gasteiger partial charge >= 0.3 is 0 Å². The minimum Gasteiger partial charge on any atom is -0.497 e. The molecule has 1 unspecified atom stereocenters. The SMILES string of the molecule is COc1ccc(OC)c(CN2CCN(C(=O)C3=NN(C4CCS(=O)(=O)C4)C(=O)CC3)CC2)c1. The maximum Gasteiger partial charge on any atom is 0.270 e. The van der Waals surface area contributed by atoms with Crippen molar-refractivity contribution in [3.05, 3.63) is 23.8 Å². The van der Waals surface area contributed by atoms with Crippen LogP contribution in [0.2, 0.25) is 0 Å². The number of rotatable bonds is 6. The van der Waals surface area contributed by atoms with E-state index in [-0.39, 0.29) is 36.2 Å². The topological polar surface area (TPSA) is 109 Å². The monoisotopic (exact) mass is 478 g/mol. The first-order valence-electron chi connectivity index (χ1n) is 11.1. The Kier molecular flexibility index (Phi) is 6.89. The van der Waals surface area contributed by atoms with Gasteiger partial charge < -0.3 is 14.4 Å². The van der Waals surface area contributed by atoms with Gasteiger partial charge in [-0.15, -0.1) is 0 Å². The number of sulfone groups is 1. The standard InChI is InChI=1S/C22H30N4O6S/c1-31-18-3-5-20(32-2)16(13-18)14-24-8-10-25(11-9-24)22(28)19-4-6-21(27)26(23-19)17-7-12-33(29,30)15-17/h3,5,13,17H,4,6-12,14-15H2,1-2H3. The molecule has 1 aromatic rings. The third kappa shape index (κ3) is 5.30. The van der Waals surface area contributed by atoms with E-state index in [1.54, 1.807) is 19.1 Å². The number of carbonyl (C=O) groups excluding carboxylic acids is 2. The Balaban J connectivity index is 1.37. The van der Waals surface area contributed by atoms with Crippen LogP contribution in [0.5, 0.6) is 11.5 Å². The fraction of sp³-hybridized carbons (Fsp3) is 0.591. The van der Waals surface area contributed by atoms with E-state index in [0.29, 0.717) is 44.9 Å². The molecule has 1 atom stereocenters. The molecule has 180 valence electrons. The molecule has 33 heavy (non-hydrogen) atoms. The Hall–Kier alpha value is -2.66. The summed E-state index contributed by atoms with van der Waals surface area (Å²) >= 11 is 0. The predicted octanol–water partition coefficient (Wildman–Crippen LogP) is 0.514. The Morgan fingerprint density at radius 1 is 1.12 bits per heavy atom. The van der Waals surface area contributed by atoms with Crippen LogP contribution in [0.1, 0.15) is 24.8 Å². The Morgan fingerprint density at radius 2 is 1.88 bits per heavy atom. The lowest BCUT2D eigenvalue weighted by atomic mass is 10.1. The summed E-state index contributed by atoms with van der Waals surface area (Å²) in [5.74, 6) is 1.14. The van der Waals surface area contributed by atoms with Crippen LogP contribution in [0.4, 0.5) is 0 Å². The summed E-state index contributed by atoms with van der Waals surface area (Å²) in [4.78, 5) is 29.4. The summed E-state index contributed by atoms with van der Waals surface area (Å²) in [6.45, 7) is 3.18. The molecular weight excluding hydrogens is 448 g/mol. The minimum atomic E-state index is -3.15. The molecule has 3 heterocycles. The van der Waals surface area contributed by atoms with Gasteiger partial charge in [0.1, 0.15) is 17.2 Å². The third-order valence-electron chi connectivity index (χ3n) is 6.40. The van der Waals surface area contributed by atoms with E-state index in [2.05, 4.69) is 10.0 Å². The number of amides is 2. The van der Waals surface area contributed by atoms with Gasteiger partial charge in [-0.1, -0.05) is 0 Å². The van der Waals surface area contributed by atoms with E-state index in [0.717, 1.165) is 17.1 Å². The molecule has 0 aromatic heterocycles. The second-order valence-corrected chi connectivity index (χ2v) is 10.8. The number of ether oxygens (including phenoxy) is 2. The van der Waals surface area contributed by atoms with E-state index >= 15 is 0 Å². The minimum absolute atomic E-state index is 0.0558. The van der Waals surface area contributed by atoms with Crippen molar-refractivity contribution < 1.29 is 27.5 Å². The summed E-state index contributed by atoms with van der Waals surface area (Å²) in [6.07, 6.45) is 0.830. The summed E-state index contributed by atoms with van der Waals surface area (Å²) in [7, 11) is 0.121. The molecule has 0 N–H and O–H groups in total. The van der Waals surface area contributed by atoms with Crippen molar-refractivity contribution in [1.29, 1.82) is 0 Å². The first-order chi connectivity index (χ1) is 15.8. The quantitative estimate of drug-likeness (QED) is 0.586.